The van der Waals surface area contributed by atoms with E-state index in [-0.39, 0.29) is 5.82 Å². The van der Waals surface area contributed by atoms with Gasteiger partial charge in [0.1, 0.15) is 0 Å². The van der Waals surface area contributed by atoms with Crippen LogP contribution in [0.3, 0.4) is 0 Å². The molecule has 3 rings (SSSR count). The van der Waals surface area contributed by atoms with Crippen LogP contribution in [0.5, 0.6) is 5.75 Å². The van der Waals surface area contributed by atoms with Gasteiger partial charge in [0.05, 0.1) is 6.61 Å². The van der Waals surface area contributed by atoms with Crippen molar-refractivity contribution in [1.82, 2.24) is 0 Å². The molecule has 28 heavy (non-hydrogen) atoms. The third-order valence-corrected chi connectivity index (χ3v) is 7.17. The fraction of sp³-hybridized carbons (Fsp3) is 0.692. The fourth-order valence-electron chi connectivity index (χ4n) is 5.11. The molecule has 2 heteroatoms. The van der Waals surface area contributed by atoms with E-state index in [4.69, 9.17) is 4.74 Å². The Balaban J connectivity index is 1.36. The third-order valence-electron chi connectivity index (χ3n) is 7.17. The van der Waals surface area contributed by atoms with Gasteiger partial charge in [0, 0.05) is 0 Å². The van der Waals surface area contributed by atoms with E-state index in [1.165, 1.54) is 64.2 Å². The first kappa shape index (κ1) is 21.4. The van der Waals surface area contributed by atoms with Crippen LogP contribution in [0, 0.1) is 23.6 Å². The number of aryl methyl sites for hydroxylation is 1. The van der Waals surface area contributed by atoms with Gasteiger partial charge in [-0.05, 0) is 80.9 Å². The molecule has 0 heterocycles. The minimum absolute atomic E-state index is 0.231. The van der Waals surface area contributed by atoms with Crippen LogP contribution in [0.1, 0.15) is 90.0 Å². The Kier molecular flexibility index (Phi) is 8.43. The average Bonchev–Trinajstić information content (AvgIpc) is 2.74. The number of hydrogen-bond donors (Lipinski definition) is 0. The minimum Gasteiger partial charge on any atom is -0.491 e. The topological polar surface area (TPSA) is 9.23 Å². The molecule has 0 saturated heterocycles. The quantitative estimate of drug-likeness (QED) is 0.392. The van der Waals surface area contributed by atoms with E-state index in [2.05, 4.69) is 13.0 Å². The highest BCUT2D eigenvalue weighted by atomic mass is 19.1. The maximum atomic E-state index is 14.0. The Morgan fingerprint density at radius 1 is 0.929 bits per heavy atom. The first-order chi connectivity index (χ1) is 13.7. The zero-order valence-corrected chi connectivity index (χ0v) is 18.0. The van der Waals surface area contributed by atoms with E-state index >= 15 is 0 Å². The lowest BCUT2D eigenvalue weighted by molar-refractivity contribution is 0.241. The SMILES string of the molecule is CCOc1ccc(CCC2=CCC(CCC3CCC(CC)CC3)CC2)cc1F. The molecule has 0 radical (unpaired) electrons. The predicted octanol–water partition coefficient (Wildman–Crippen LogP) is 7.88. The van der Waals surface area contributed by atoms with Crippen LogP contribution >= 0.6 is 0 Å². The molecule has 1 unspecified atom stereocenters. The van der Waals surface area contributed by atoms with E-state index in [9.17, 15) is 4.39 Å². The van der Waals surface area contributed by atoms with Crippen molar-refractivity contribution in [3.8, 4) is 5.75 Å². The predicted molar refractivity (Wildman–Crippen MR) is 116 cm³/mol. The van der Waals surface area contributed by atoms with Gasteiger partial charge in [0.15, 0.2) is 11.6 Å². The zero-order valence-electron chi connectivity index (χ0n) is 18.0. The highest BCUT2D eigenvalue weighted by molar-refractivity contribution is 5.30. The van der Waals surface area contributed by atoms with Crippen LogP contribution in [0.25, 0.3) is 0 Å². The van der Waals surface area contributed by atoms with Gasteiger partial charge in [-0.3, -0.25) is 0 Å². The highest BCUT2D eigenvalue weighted by Crippen LogP contribution is 2.36. The van der Waals surface area contributed by atoms with Crippen molar-refractivity contribution in [2.45, 2.75) is 90.9 Å². The summed E-state index contributed by atoms with van der Waals surface area (Å²) < 4.78 is 19.3. The summed E-state index contributed by atoms with van der Waals surface area (Å²) in [5, 5.41) is 0. The summed E-state index contributed by atoms with van der Waals surface area (Å²) in [6, 6.07) is 5.42. The number of ether oxygens (including phenoxy) is 1. The molecule has 0 N–H and O–H groups in total. The zero-order chi connectivity index (χ0) is 19.8. The fourth-order valence-corrected chi connectivity index (χ4v) is 5.11. The summed E-state index contributed by atoms with van der Waals surface area (Å²) in [5.74, 6) is 3.05. The molecule has 1 aromatic carbocycles. The van der Waals surface area contributed by atoms with Gasteiger partial charge in [-0.2, -0.15) is 0 Å². The van der Waals surface area contributed by atoms with Crippen LogP contribution in [-0.4, -0.2) is 6.61 Å². The molecule has 1 saturated carbocycles. The molecule has 0 aromatic heterocycles. The molecule has 2 aliphatic rings. The summed E-state index contributed by atoms with van der Waals surface area (Å²) in [6.07, 6.45) is 18.5. The maximum absolute atomic E-state index is 14.0. The minimum atomic E-state index is -0.231. The standard InChI is InChI=1S/C26H39FO/c1-3-20-5-7-21(8-6-20)9-10-22-11-13-23(14-12-22)15-16-24-17-18-26(28-4-2)25(27)19-24/h13,17-22H,3-12,14-16H2,1-2H3. The molecule has 1 fully saturated rings. The Hall–Kier alpha value is -1.31. The lowest BCUT2D eigenvalue weighted by Gasteiger charge is -2.29. The molecule has 0 bridgehead atoms. The summed E-state index contributed by atoms with van der Waals surface area (Å²) in [7, 11) is 0. The average molecular weight is 387 g/mol. The largest absolute Gasteiger partial charge is 0.491 e. The van der Waals surface area contributed by atoms with Gasteiger partial charge in [-0.15, -0.1) is 0 Å². The Morgan fingerprint density at radius 3 is 2.32 bits per heavy atom. The number of benzene rings is 1. The van der Waals surface area contributed by atoms with Crippen LogP contribution in [-0.2, 0) is 6.42 Å². The van der Waals surface area contributed by atoms with Crippen LogP contribution in [0.2, 0.25) is 0 Å². The Bertz CT molecular complexity index is 627. The molecule has 1 aromatic rings. The van der Waals surface area contributed by atoms with Gasteiger partial charge in [0.25, 0.3) is 0 Å². The van der Waals surface area contributed by atoms with E-state index < -0.39 is 0 Å². The second-order valence-corrected chi connectivity index (χ2v) is 9.07. The summed E-state index contributed by atoms with van der Waals surface area (Å²) >= 11 is 0. The van der Waals surface area contributed by atoms with Crippen molar-refractivity contribution < 1.29 is 9.13 Å². The molecule has 156 valence electrons. The molecule has 0 amide bonds. The smallest absolute Gasteiger partial charge is 0.165 e. The van der Waals surface area contributed by atoms with E-state index in [1.807, 2.05) is 13.0 Å². The first-order valence-corrected chi connectivity index (χ1v) is 11.8. The van der Waals surface area contributed by atoms with Crippen LogP contribution in [0.4, 0.5) is 4.39 Å². The van der Waals surface area contributed by atoms with E-state index in [1.54, 1.807) is 17.7 Å². The Morgan fingerprint density at radius 2 is 1.68 bits per heavy atom. The molecular formula is C26H39FO. The molecule has 0 spiro atoms. The van der Waals surface area contributed by atoms with Gasteiger partial charge < -0.3 is 4.74 Å². The van der Waals surface area contributed by atoms with Gasteiger partial charge >= 0.3 is 0 Å². The monoisotopic (exact) mass is 386 g/mol. The lowest BCUT2D eigenvalue weighted by Crippen LogP contribution is -2.15. The summed E-state index contributed by atoms with van der Waals surface area (Å²) in [4.78, 5) is 0. The van der Waals surface area contributed by atoms with Gasteiger partial charge in [-0.1, -0.05) is 63.2 Å². The Labute approximate surface area is 171 Å². The molecular weight excluding hydrogens is 347 g/mol. The third kappa shape index (κ3) is 6.36. The van der Waals surface area contributed by atoms with Crippen molar-refractivity contribution in [3.63, 3.8) is 0 Å². The van der Waals surface area contributed by atoms with Gasteiger partial charge in [0.2, 0.25) is 0 Å². The highest BCUT2D eigenvalue weighted by Gasteiger charge is 2.22. The van der Waals surface area contributed by atoms with Crippen molar-refractivity contribution >= 4 is 0 Å². The van der Waals surface area contributed by atoms with Gasteiger partial charge in [-0.25, -0.2) is 4.39 Å². The first-order valence-electron chi connectivity index (χ1n) is 11.8. The van der Waals surface area contributed by atoms with E-state index in [0.717, 1.165) is 36.2 Å². The van der Waals surface area contributed by atoms with Crippen LogP contribution < -0.4 is 4.74 Å². The summed E-state index contributed by atoms with van der Waals surface area (Å²) in [5.41, 5.74) is 2.65. The lowest BCUT2D eigenvalue weighted by atomic mass is 9.76. The van der Waals surface area contributed by atoms with Crippen molar-refractivity contribution in [1.29, 1.82) is 0 Å². The van der Waals surface area contributed by atoms with Crippen molar-refractivity contribution in [3.05, 3.63) is 41.2 Å². The second-order valence-electron chi connectivity index (χ2n) is 9.07. The molecule has 1 nitrogen and oxygen atoms in total. The van der Waals surface area contributed by atoms with Crippen molar-refractivity contribution in [2.75, 3.05) is 6.61 Å². The second kappa shape index (κ2) is 11.0. The van der Waals surface area contributed by atoms with Crippen molar-refractivity contribution in [2.24, 2.45) is 17.8 Å². The van der Waals surface area contributed by atoms with E-state index in [0.29, 0.717) is 12.4 Å². The molecule has 2 aliphatic carbocycles. The van der Waals surface area contributed by atoms with Crippen LogP contribution in [0.15, 0.2) is 29.8 Å². The number of rotatable bonds is 9. The normalized spacial score (nSPS) is 25.4. The number of halogens is 1. The summed E-state index contributed by atoms with van der Waals surface area (Å²) in [6.45, 7) is 4.74. The number of allylic oxidation sites excluding steroid dienone is 2. The molecule has 1 atom stereocenters. The molecule has 0 aliphatic heterocycles. The maximum Gasteiger partial charge on any atom is 0.165 e. The number of hydrogen-bond acceptors (Lipinski definition) is 1.